The van der Waals surface area contributed by atoms with Crippen molar-refractivity contribution in [2.75, 3.05) is 11.9 Å². The molecule has 1 aliphatic carbocycles. The van der Waals surface area contributed by atoms with E-state index in [1.807, 2.05) is 19.2 Å². The van der Waals surface area contributed by atoms with Crippen LogP contribution in [0.15, 0.2) is 30.6 Å². The molecule has 0 unspecified atom stereocenters. The molecule has 0 amide bonds. The first-order chi connectivity index (χ1) is 10.1. The Morgan fingerprint density at radius 3 is 2.81 bits per heavy atom. The summed E-state index contributed by atoms with van der Waals surface area (Å²) in [5.74, 6) is 0.875. The SMILES string of the molecule is CN(Cc1ccncc1)c1nc2c(cc1C(N)=S)CCC2. The molecule has 2 aromatic heterocycles. The summed E-state index contributed by atoms with van der Waals surface area (Å²) >= 11 is 5.21. The maximum Gasteiger partial charge on any atom is 0.139 e. The van der Waals surface area contributed by atoms with Gasteiger partial charge in [0.2, 0.25) is 0 Å². The van der Waals surface area contributed by atoms with Crippen molar-refractivity contribution < 1.29 is 0 Å². The van der Waals surface area contributed by atoms with E-state index >= 15 is 0 Å². The van der Waals surface area contributed by atoms with E-state index in [0.717, 1.165) is 37.2 Å². The lowest BCUT2D eigenvalue weighted by Gasteiger charge is -2.22. The molecule has 0 saturated heterocycles. The lowest BCUT2D eigenvalue weighted by molar-refractivity contribution is 0.871. The summed E-state index contributed by atoms with van der Waals surface area (Å²) in [6.07, 6.45) is 6.88. The molecule has 0 atom stereocenters. The molecule has 21 heavy (non-hydrogen) atoms. The van der Waals surface area contributed by atoms with Crippen LogP contribution in [-0.2, 0) is 19.4 Å². The van der Waals surface area contributed by atoms with Crippen LogP contribution >= 0.6 is 12.2 Å². The van der Waals surface area contributed by atoms with Gasteiger partial charge >= 0.3 is 0 Å². The number of hydrogen-bond acceptors (Lipinski definition) is 4. The average Bonchev–Trinajstić information content (AvgIpc) is 2.94. The van der Waals surface area contributed by atoms with E-state index in [1.54, 1.807) is 12.4 Å². The fraction of sp³-hybridized carbons (Fsp3) is 0.312. The molecule has 108 valence electrons. The Kier molecular flexibility index (Phi) is 3.84. The Labute approximate surface area is 130 Å². The second-order valence-corrected chi connectivity index (χ2v) is 5.83. The number of rotatable bonds is 4. The van der Waals surface area contributed by atoms with Crippen molar-refractivity contribution >= 4 is 23.0 Å². The van der Waals surface area contributed by atoms with Crippen LogP contribution in [0.2, 0.25) is 0 Å². The molecular weight excluding hydrogens is 280 g/mol. The van der Waals surface area contributed by atoms with Crippen molar-refractivity contribution in [3.63, 3.8) is 0 Å². The zero-order chi connectivity index (χ0) is 14.8. The fourth-order valence-electron chi connectivity index (χ4n) is 2.77. The van der Waals surface area contributed by atoms with Crippen molar-refractivity contribution in [1.29, 1.82) is 0 Å². The van der Waals surface area contributed by atoms with Gasteiger partial charge in [0, 0.05) is 31.7 Å². The summed E-state index contributed by atoms with van der Waals surface area (Å²) in [4.78, 5) is 11.4. The standard InChI is InChI=1S/C16H18N4S/c1-20(10-11-5-7-18-8-6-11)16-13(15(17)21)9-12-3-2-4-14(12)19-16/h5-9H,2-4,10H2,1H3,(H2,17,21). The molecule has 5 heteroatoms. The predicted molar refractivity (Wildman–Crippen MR) is 88.5 cm³/mol. The van der Waals surface area contributed by atoms with E-state index in [1.165, 1.54) is 16.8 Å². The van der Waals surface area contributed by atoms with Crippen LogP contribution in [0.5, 0.6) is 0 Å². The molecule has 0 saturated carbocycles. The van der Waals surface area contributed by atoms with E-state index < -0.39 is 0 Å². The van der Waals surface area contributed by atoms with Crippen LogP contribution in [0.1, 0.15) is 28.8 Å². The predicted octanol–water partition coefficient (Wildman–Crippen LogP) is 2.24. The first-order valence-corrected chi connectivity index (χ1v) is 7.48. The van der Waals surface area contributed by atoms with Gasteiger partial charge in [-0.15, -0.1) is 0 Å². The zero-order valence-electron chi connectivity index (χ0n) is 12.0. The Balaban J connectivity index is 1.95. The smallest absolute Gasteiger partial charge is 0.139 e. The third kappa shape index (κ3) is 2.88. The van der Waals surface area contributed by atoms with Crippen molar-refractivity contribution in [3.05, 3.63) is 53.0 Å². The van der Waals surface area contributed by atoms with E-state index in [2.05, 4.69) is 16.0 Å². The van der Waals surface area contributed by atoms with Crippen molar-refractivity contribution in [3.8, 4) is 0 Å². The number of pyridine rings is 2. The van der Waals surface area contributed by atoms with E-state index in [0.29, 0.717) is 4.99 Å². The summed E-state index contributed by atoms with van der Waals surface area (Å²) in [5, 5.41) is 0. The zero-order valence-corrected chi connectivity index (χ0v) is 12.9. The lowest BCUT2D eigenvalue weighted by atomic mass is 10.1. The molecule has 4 nitrogen and oxygen atoms in total. The van der Waals surface area contributed by atoms with Gasteiger partial charge in [-0.2, -0.15) is 0 Å². The molecular formula is C16H18N4S. The number of aryl methyl sites for hydroxylation is 2. The highest BCUT2D eigenvalue weighted by molar-refractivity contribution is 7.80. The minimum Gasteiger partial charge on any atom is -0.389 e. The molecule has 0 aliphatic heterocycles. The van der Waals surface area contributed by atoms with Gasteiger partial charge < -0.3 is 10.6 Å². The Morgan fingerprint density at radius 1 is 1.33 bits per heavy atom. The van der Waals surface area contributed by atoms with E-state index in [4.69, 9.17) is 22.9 Å². The highest BCUT2D eigenvalue weighted by Crippen LogP contribution is 2.27. The summed E-state index contributed by atoms with van der Waals surface area (Å²) in [6.45, 7) is 0.754. The normalized spacial score (nSPS) is 13.0. The van der Waals surface area contributed by atoms with Crippen LogP contribution in [-0.4, -0.2) is 22.0 Å². The minimum absolute atomic E-state index is 0.411. The van der Waals surface area contributed by atoms with Crippen molar-refractivity contribution in [2.45, 2.75) is 25.8 Å². The first-order valence-electron chi connectivity index (χ1n) is 7.08. The van der Waals surface area contributed by atoms with Gasteiger partial charge in [-0.1, -0.05) is 12.2 Å². The van der Waals surface area contributed by atoms with Gasteiger partial charge in [0.05, 0.1) is 5.56 Å². The third-order valence-corrected chi connectivity index (χ3v) is 4.05. The number of anilines is 1. The second kappa shape index (κ2) is 5.77. The van der Waals surface area contributed by atoms with Gasteiger partial charge in [-0.3, -0.25) is 4.98 Å². The summed E-state index contributed by atoms with van der Waals surface area (Å²) in [5.41, 5.74) is 10.4. The molecule has 0 fully saturated rings. The highest BCUT2D eigenvalue weighted by atomic mass is 32.1. The van der Waals surface area contributed by atoms with Crippen molar-refractivity contribution in [2.24, 2.45) is 5.73 Å². The quantitative estimate of drug-likeness (QED) is 0.877. The van der Waals surface area contributed by atoms with Gasteiger partial charge in [0.1, 0.15) is 10.8 Å². The van der Waals surface area contributed by atoms with Crippen molar-refractivity contribution in [1.82, 2.24) is 9.97 Å². The Morgan fingerprint density at radius 2 is 2.10 bits per heavy atom. The molecule has 3 rings (SSSR count). The van der Waals surface area contributed by atoms with Crippen LogP contribution in [0.25, 0.3) is 0 Å². The summed E-state index contributed by atoms with van der Waals surface area (Å²) < 4.78 is 0. The fourth-order valence-corrected chi connectivity index (χ4v) is 2.92. The number of nitrogens with zero attached hydrogens (tertiary/aromatic N) is 3. The number of hydrogen-bond donors (Lipinski definition) is 1. The Hall–Kier alpha value is -2.01. The monoisotopic (exact) mass is 298 g/mol. The number of fused-ring (bicyclic) bond motifs is 1. The molecule has 1 aliphatic rings. The first kappa shape index (κ1) is 13.9. The molecule has 0 bridgehead atoms. The maximum absolute atomic E-state index is 5.89. The van der Waals surface area contributed by atoms with Gasteiger partial charge in [-0.05, 0) is 48.6 Å². The van der Waals surface area contributed by atoms with Gasteiger partial charge in [0.15, 0.2) is 0 Å². The Bertz CT molecular complexity index is 669. The topological polar surface area (TPSA) is 55.0 Å². The molecule has 2 aromatic rings. The minimum atomic E-state index is 0.411. The largest absolute Gasteiger partial charge is 0.389 e. The van der Waals surface area contributed by atoms with Gasteiger partial charge in [-0.25, -0.2) is 4.98 Å². The average molecular weight is 298 g/mol. The van der Waals surface area contributed by atoms with Crippen LogP contribution in [0.4, 0.5) is 5.82 Å². The molecule has 0 aromatic carbocycles. The van der Waals surface area contributed by atoms with E-state index in [9.17, 15) is 0 Å². The van der Waals surface area contributed by atoms with Gasteiger partial charge in [0.25, 0.3) is 0 Å². The highest BCUT2D eigenvalue weighted by Gasteiger charge is 2.19. The van der Waals surface area contributed by atoms with Crippen LogP contribution < -0.4 is 10.6 Å². The number of thiocarbonyl (C=S) groups is 1. The number of aromatic nitrogens is 2. The second-order valence-electron chi connectivity index (χ2n) is 5.39. The van der Waals surface area contributed by atoms with E-state index in [-0.39, 0.29) is 0 Å². The molecule has 2 N–H and O–H groups in total. The molecule has 0 radical (unpaired) electrons. The maximum atomic E-state index is 5.89. The lowest BCUT2D eigenvalue weighted by Crippen LogP contribution is -2.23. The summed E-state index contributed by atoms with van der Waals surface area (Å²) in [7, 11) is 2.02. The van der Waals surface area contributed by atoms with Crippen LogP contribution in [0.3, 0.4) is 0 Å². The van der Waals surface area contributed by atoms with Crippen LogP contribution in [0, 0.1) is 0 Å². The molecule has 2 heterocycles. The molecule has 0 spiro atoms. The third-order valence-electron chi connectivity index (χ3n) is 3.83. The number of nitrogens with two attached hydrogens (primary N) is 1. The summed E-state index contributed by atoms with van der Waals surface area (Å²) in [6, 6.07) is 6.13.